The van der Waals surface area contributed by atoms with Crippen molar-refractivity contribution in [3.8, 4) is 17.3 Å². The minimum Gasteiger partial charge on any atom is -0.489 e. The molecule has 0 aliphatic rings. The third-order valence-corrected chi connectivity index (χ3v) is 5.99. The van der Waals surface area contributed by atoms with E-state index in [0.717, 1.165) is 28.4 Å². The number of nitrogens with one attached hydrogen (secondary N) is 1. The molecule has 0 unspecified atom stereocenters. The highest BCUT2D eigenvalue weighted by atomic mass is 16.5. The molecule has 1 amide bonds. The molecule has 3 aromatic heterocycles. The molecule has 0 radical (unpaired) electrons. The van der Waals surface area contributed by atoms with Gasteiger partial charge < -0.3 is 34.5 Å². The van der Waals surface area contributed by atoms with Crippen LogP contribution in [-0.2, 0) is 25.5 Å². The molecule has 1 aromatic carbocycles. The van der Waals surface area contributed by atoms with Crippen molar-refractivity contribution in [2.75, 3.05) is 40.1 Å². The Labute approximate surface area is 239 Å². The van der Waals surface area contributed by atoms with E-state index in [9.17, 15) is 9.59 Å². The lowest BCUT2D eigenvalue weighted by molar-refractivity contribution is -0.108. The van der Waals surface area contributed by atoms with Gasteiger partial charge in [0.05, 0.1) is 43.2 Å². The van der Waals surface area contributed by atoms with Gasteiger partial charge in [0.15, 0.2) is 5.82 Å². The molecule has 0 aliphatic carbocycles. The van der Waals surface area contributed by atoms with Crippen molar-refractivity contribution < 1.29 is 28.5 Å². The smallest absolute Gasteiger partial charge is 0.248 e. The second-order valence-corrected chi connectivity index (χ2v) is 10.2. The Hall–Kier alpha value is -3.87. The average Bonchev–Trinajstić information content (AvgIpc) is 3.51. The lowest BCUT2D eigenvalue weighted by Gasteiger charge is -2.14. The van der Waals surface area contributed by atoms with Crippen LogP contribution in [0.5, 0.6) is 5.75 Å². The Morgan fingerprint density at radius 3 is 2.39 bits per heavy atom. The normalized spacial score (nSPS) is 11.5. The van der Waals surface area contributed by atoms with Gasteiger partial charge in [0.1, 0.15) is 30.0 Å². The fourth-order valence-electron chi connectivity index (χ4n) is 3.76. The number of aromatic nitrogens is 5. The van der Waals surface area contributed by atoms with Crippen molar-refractivity contribution >= 4 is 34.1 Å². The molecule has 3 N–H and O–H groups in total. The van der Waals surface area contributed by atoms with Crippen LogP contribution < -0.4 is 10.5 Å². The van der Waals surface area contributed by atoms with Crippen LogP contribution in [0.15, 0.2) is 24.4 Å². The second-order valence-electron chi connectivity index (χ2n) is 10.2. The molecular formula is C29H40N6O6. The number of benzene rings is 1. The van der Waals surface area contributed by atoms with Crippen LogP contribution in [0.25, 0.3) is 33.5 Å². The third kappa shape index (κ3) is 8.81. The van der Waals surface area contributed by atoms with E-state index in [1.54, 1.807) is 25.4 Å². The number of H-pyrrole nitrogens is 1. The van der Waals surface area contributed by atoms with Gasteiger partial charge in [-0.15, -0.1) is 0 Å². The average molecular weight is 569 g/mol. The lowest BCUT2D eigenvalue weighted by atomic mass is 10.1. The molecule has 0 saturated carbocycles. The molecule has 0 fully saturated rings. The van der Waals surface area contributed by atoms with E-state index in [1.165, 1.54) is 0 Å². The molecule has 12 nitrogen and oxygen atoms in total. The summed E-state index contributed by atoms with van der Waals surface area (Å²) in [4.78, 5) is 34.8. The predicted octanol–water partition coefficient (Wildman–Crippen LogP) is 3.83. The van der Waals surface area contributed by atoms with Gasteiger partial charge in [-0.25, -0.2) is 9.97 Å². The molecule has 0 atom stereocenters. The van der Waals surface area contributed by atoms with Gasteiger partial charge in [-0.2, -0.15) is 5.10 Å². The maximum absolute atomic E-state index is 11.9. The van der Waals surface area contributed by atoms with Crippen molar-refractivity contribution in [1.29, 1.82) is 0 Å². The number of aryl methyl sites for hydroxylation is 2. The topological polar surface area (TPSA) is 156 Å². The van der Waals surface area contributed by atoms with Crippen molar-refractivity contribution in [1.82, 2.24) is 24.7 Å². The van der Waals surface area contributed by atoms with Crippen LogP contribution in [0, 0.1) is 6.92 Å². The maximum atomic E-state index is 11.9. The number of nitrogens with zero attached hydrogens (tertiary/aromatic N) is 4. The number of hydrogen-bond donors (Lipinski definition) is 2. The molecule has 0 aliphatic heterocycles. The molecule has 3 heterocycles. The third-order valence-electron chi connectivity index (χ3n) is 5.99. The minimum absolute atomic E-state index is 0.0417. The van der Waals surface area contributed by atoms with Crippen LogP contribution >= 0.6 is 0 Å². The number of methoxy groups -OCH3 is 1. The van der Waals surface area contributed by atoms with Gasteiger partial charge >= 0.3 is 0 Å². The summed E-state index contributed by atoms with van der Waals surface area (Å²) < 4.78 is 23.5. The van der Waals surface area contributed by atoms with Crippen LogP contribution in [0.4, 0.5) is 0 Å². The number of carbonyl (C=O) groups excluding carboxylic acids is 2. The molecule has 222 valence electrons. The Morgan fingerprint density at radius 2 is 1.76 bits per heavy atom. The Balaban J connectivity index is 0.000000696. The van der Waals surface area contributed by atoms with E-state index in [2.05, 4.69) is 15.1 Å². The molecular weight excluding hydrogens is 528 g/mol. The summed E-state index contributed by atoms with van der Waals surface area (Å²) >= 11 is 0. The molecule has 4 rings (SSSR count). The van der Waals surface area contributed by atoms with E-state index in [-0.39, 0.29) is 12.2 Å². The maximum Gasteiger partial charge on any atom is 0.248 e. The zero-order valence-corrected chi connectivity index (χ0v) is 24.7. The van der Waals surface area contributed by atoms with Gasteiger partial charge in [-0.3, -0.25) is 9.48 Å². The monoisotopic (exact) mass is 568 g/mol. The Kier molecular flexibility index (Phi) is 11.3. The van der Waals surface area contributed by atoms with Crippen LogP contribution in [0.2, 0.25) is 0 Å². The predicted molar refractivity (Wildman–Crippen MR) is 156 cm³/mol. The first kappa shape index (κ1) is 31.7. The number of nitrogens with two attached hydrogens (primary N) is 1. The summed E-state index contributed by atoms with van der Waals surface area (Å²) in [6, 6.07) is 5.26. The summed E-state index contributed by atoms with van der Waals surface area (Å²) in [6.45, 7) is 12.4. The first-order valence-electron chi connectivity index (χ1n) is 13.5. The summed E-state index contributed by atoms with van der Waals surface area (Å²) in [5.74, 6) is 0.457. The second kappa shape index (κ2) is 14.7. The van der Waals surface area contributed by atoms with Crippen molar-refractivity contribution in [3.63, 3.8) is 0 Å². The highest BCUT2D eigenvalue weighted by Gasteiger charge is 2.17. The fraction of sp³-hybridized carbons (Fsp3) is 0.483. The molecule has 0 saturated heterocycles. The molecule has 4 aromatic rings. The highest BCUT2D eigenvalue weighted by Crippen LogP contribution is 2.33. The van der Waals surface area contributed by atoms with Gasteiger partial charge in [0.2, 0.25) is 5.91 Å². The van der Waals surface area contributed by atoms with Crippen molar-refractivity contribution in [3.05, 3.63) is 35.7 Å². The number of aromatic amines is 1. The Morgan fingerprint density at radius 1 is 1.07 bits per heavy atom. The van der Waals surface area contributed by atoms with Gasteiger partial charge in [-0.1, -0.05) is 0 Å². The zero-order valence-electron chi connectivity index (χ0n) is 24.7. The zero-order chi connectivity index (χ0) is 30.0. The van der Waals surface area contributed by atoms with E-state index < -0.39 is 5.91 Å². The number of aldehydes is 1. The van der Waals surface area contributed by atoms with E-state index >= 15 is 0 Å². The molecule has 12 heteroatoms. The summed E-state index contributed by atoms with van der Waals surface area (Å²) in [5.41, 5.74) is 8.94. The van der Waals surface area contributed by atoms with Crippen molar-refractivity contribution in [2.24, 2.45) is 5.73 Å². The van der Waals surface area contributed by atoms with Gasteiger partial charge in [0, 0.05) is 42.6 Å². The summed E-state index contributed by atoms with van der Waals surface area (Å²) in [7, 11) is 1.71. The number of carbonyl (C=O) groups is 2. The molecule has 0 spiro atoms. The fourth-order valence-corrected chi connectivity index (χ4v) is 3.76. The van der Waals surface area contributed by atoms with Gasteiger partial charge in [0.25, 0.3) is 0 Å². The van der Waals surface area contributed by atoms with E-state index in [1.807, 2.05) is 45.4 Å². The quantitative estimate of drug-likeness (QED) is 0.181. The number of fused-ring (bicyclic) bond motifs is 3. The van der Waals surface area contributed by atoms with Crippen LogP contribution in [0.1, 0.15) is 50.2 Å². The minimum atomic E-state index is -0.560. The largest absolute Gasteiger partial charge is 0.489 e. The number of amides is 1. The number of rotatable bonds is 13. The summed E-state index contributed by atoms with van der Waals surface area (Å²) in [6.07, 6.45) is 2.90. The van der Waals surface area contributed by atoms with Crippen LogP contribution in [0.3, 0.4) is 0 Å². The SMILES string of the molecule is CCn1nc(C)cc1-c1ncc2c(n1)[nH]c1c(OCCOCCOCCC=O)cc(C(N)=O)cc12.COC(C)(C)C. The standard InChI is InChI=1S/C24H28N6O5.C5H12O/c1-3-30-19(11-15(2)29-30)24-26-14-18-17-12-16(22(25)32)13-20(21(17)27-23(18)28-24)35-10-9-34-8-7-33-6-4-5-31;1-5(2,3)6-4/h5,11-14H,3-4,6-10H2,1-2H3,(H2,25,32)(H,26,27,28);1-4H3. The van der Waals surface area contributed by atoms with E-state index in [0.29, 0.717) is 67.7 Å². The number of hydrogen-bond acceptors (Lipinski definition) is 9. The highest BCUT2D eigenvalue weighted by molar-refractivity contribution is 6.11. The summed E-state index contributed by atoms with van der Waals surface area (Å²) in [5, 5.41) is 5.96. The number of primary amides is 1. The van der Waals surface area contributed by atoms with E-state index in [4.69, 9.17) is 29.7 Å². The van der Waals surface area contributed by atoms with Crippen LogP contribution in [-0.4, -0.2) is 82.7 Å². The van der Waals surface area contributed by atoms with Crippen molar-refractivity contribution in [2.45, 2.75) is 53.2 Å². The lowest BCUT2D eigenvalue weighted by Crippen LogP contribution is -2.15. The van der Waals surface area contributed by atoms with Gasteiger partial charge in [-0.05, 0) is 52.8 Å². The Bertz CT molecular complexity index is 1460. The molecule has 41 heavy (non-hydrogen) atoms. The number of ether oxygens (including phenoxy) is 4. The molecule has 0 bridgehead atoms. The first-order chi connectivity index (χ1) is 19.6. The first-order valence-corrected chi connectivity index (χ1v) is 13.5.